The Hall–Kier alpha value is -4.05. The van der Waals surface area contributed by atoms with E-state index in [-0.39, 0.29) is 0 Å². The molecule has 1 aromatic heterocycles. The van der Waals surface area contributed by atoms with Gasteiger partial charge in [-0.2, -0.15) is 5.10 Å². The standard InChI is InChI=1S/C29H27N3O/c1-21-27(19-31-30-18-23-11-4-8-17-29(23)33-2)26-15-6-7-16-28(26)32(21)20-24-13-9-12-22-10-3-5-14-25(22)24/h3-17,19,30H,18,20H2,1-2H3/b31-19-. The Bertz CT molecular complexity index is 1440. The van der Waals surface area contributed by atoms with Gasteiger partial charge >= 0.3 is 0 Å². The molecule has 0 spiro atoms. The number of hydrazone groups is 1. The molecular weight excluding hydrogens is 406 g/mol. The number of nitrogens with zero attached hydrogens (tertiary/aromatic N) is 2. The van der Waals surface area contributed by atoms with Gasteiger partial charge in [-0.25, -0.2) is 0 Å². The zero-order valence-corrected chi connectivity index (χ0v) is 19.0. The van der Waals surface area contributed by atoms with Crippen LogP contribution in [0.3, 0.4) is 0 Å². The minimum absolute atomic E-state index is 0.605. The number of benzene rings is 4. The number of aromatic nitrogens is 1. The molecule has 0 aliphatic heterocycles. The molecule has 0 unspecified atom stereocenters. The molecule has 0 fully saturated rings. The Morgan fingerprint density at radius 3 is 2.39 bits per heavy atom. The summed E-state index contributed by atoms with van der Waals surface area (Å²) in [5.41, 5.74) is 9.13. The van der Waals surface area contributed by atoms with Crippen LogP contribution in [0.1, 0.15) is 22.4 Å². The lowest BCUT2D eigenvalue weighted by Gasteiger charge is -2.11. The van der Waals surface area contributed by atoms with E-state index in [1.807, 2.05) is 30.5 Å². The molecule has 0 saturated carbocycles. The van der Waals surface area contributed by atoms with E-state index >= 15 is 0 Å². The highest BCUT2D eigenvalue weighted by atomic mass is 16.5. The fourth-order valence-electron chi connectivity index (χ4n) is 4.52. The third kappa shape index (κ3) is 4.08. The Morgan fingerprint density at radius 2 is 1.52 bits per heavy atom. The summed E-state index contributed by atoms with van der Waals surface area (Å²) in [6.45, 7) is 3.59. The summed E-state index contributed by atoms with van der Waals surface area (Å²) in [6, 6.07) is 31.6. The van der Waals surface area contributed by atoms with Crippen LogP contribution in [0.2, 0.25) is 0 Å². The van der Waals surface area contributed by atoms with Crippen molar-refractivity contribution in [1.82, 2.24) is 9.99 Å². The Morgan fingerprint density at radius 1 is 0.818 bits per heavy atom. The minimum atomic E-state index is 0.605. The predicted octanol–water partition coefficient (Wildman–Crippen LogP) is 6.28. The molecule has 0 radical (unpaired) electrons. The molecule has 0 bridgehead atoms. The Balaban J connectivity index is 1.46. The topological polar surface area (TPSA) is 38.5 Å². The molecule has 33 heavy (non-hydrogen) atoms. The summed E-state index contributed by atoms with van der Waals surface area (Å²) < 4.78 is 7.82. The van der Waals surface area contributed by atoms with Crippen LogP contribution in [0.15, 0.2) is 96.1 Å². The van der Waals surface area contributed by atoms with Gasteiger partial charge in [0.05, 0.1) is 19.9 Å². The van der Waals surface area contributed by atoms with Crippen molar-refractivity contribution >= 4 is 27.9 Å². The fourth-order valence-corrected chi connectivity index (χ4v) is 4.52. The van der Waals surface area contributed by atoms with Crippen molar-refractivity contribution in [3.05, 3.63) is 113 Å². The normalized spacial score (nSPS) is 11.5. The van der Waals surface area contributed by atoms with E-state index in [9.17, 15) is 0 Å². The van der Waals surface area contributed by atoms with E-state index in [1.54, 1.807) is 7.11 Å². The number of hydrogen-bond donors (Lipinski definition) is 1. The lowest BCUT2D eigenvalue weighted by molar-refractivity contribution is 0.408. The highest BCUT2D eigenvalue weighted by molar-refractivity contribution is 6.01. The molecule has 4 aromatic carbocycles. The van der Waals surface area contributed by atoms with Gasteiger partial charge < -0.3 is 14.7 Å². The summed E-state index contributed by atoms with van der Waals surface area (Å²) >= 11 is 0. The van der Waals surface area contributed by atoms with E-state index in [0.29, 0.717) is 6.54 Å². The number of hydrogen-bond acceptors (Lipinski definition) is 3. The van der Waals surface area contributed by atoms with Crippen molar-refractivity contribution in [3.63, 3.8) is 0 Å². The first kappa shape index (κ1) is 20.8. The van der Waals surface area contributed by atoms with Crippen LogP contribution in [0, 0.1) is 6.92 Å². The molecular formula is C29H27N3O. The van der Waals surface area contributed by atoms with Gasteiger partial charge in [0.15, 0.2) is 0 Å². The van der Waals surface area contributed by atoms with Gasteiger partial charge in [-0.15, -0.1) is 0 Å². The SMILES string of the molecule is COc1ccccc1CN/N=C\c1c(C)n(Cc2cccc3ccccc23)c2ccccc12. The first-order chi connectivity index (χ1) is 16.3. The molecule has 4 nitrogen and oxygen atoms in total. The zero-order chi connectivity index (χ0) is 22.6. The quantitative estimate of drug-likeness (QED) is 0.242. The number of methoxy groups -OCH3 is 1. The van der Waals surface area contributed by atoms with Gasteiger partial charge in [0.1, 0.15) is 5.75 Å². The first-order valence-corrected chi connectivity index (χ1v) is 11.2. The summed E-state index contributed by atoms with van der Waals surface area (Å²) in [7, 11) is 1.69. The molecule has 1 N–H and O–H groups in total. The Kier molecular flexibility index (Phi) is 5.81. The van der Waals surface area contributed by atoms with Crippen LogP contribution >= 0.6 is 0 Å². The Labute approximate surface area is 194 Å². The van der Waals surface area contributed by atoms with Crippen molar-refractivity contribution in [2.45, 2.75) is 20.0 Å². The molecule has 1 heterocycles. The van der Waals surface area contributed by atoms with Gasteiger partial charge in [0.2, 0.25) is 0 Å². The molecule has 0 saturated heterocycles. The van der Waals surface area contributed by atoms with Gasteiger partial charge in [0.25, 0.3) is 0 Å². The van der Waals surface area contributed by atoms with Gasteiger partial charge in [-0.1, -0.05) is 78.9 Å². The van der Waals surface area contributed by atoms with Crippen LogP contribution in [0.5, 0.6) is 5.75 Å². The maximum atomic E-state index is 5.43. The van der Waals surface area contributed by atoms with E-state index in [2.05, 4.69) is 88.7 Å². The summed E-state index contributed by atoms with van der Waals surface area (Å²) in [4.78, 5) is 0. The number of rotatable bonds is 7. The smallest absolute Gasteiger partial charge is 0.123 e. The lowest BCUT2D eigenvalue weighted by atomic mass is 10.0. The summed E-state index contributed by atoms with van der Waals surface area (Å²) in [5, 5.41) is 8.32. The molecule has 5 rings (SSSR count). The van der Waals surface area contributed by atoms with Crippen molar-refractivity contribution in [2.24, 2.45) is 5.10 Å². The van der Waals surface area contributed by atoms with Crippen LogP contribution in [0.4, 0.5) is 0 Å². The maximum Gasteiger partial charge on any atom is 0.123 e. The average molecular weight is 434 g/mol. The van der Waals surface area contributed by atoms with E-state index in [1.165, 1.54) is 32.9 Å². The predicted molar refractivity (Wildman–Crippen MR) is 137 cm³/mol. The van der Waals surface area contributed by atoms with Crippen molar-refractivity contribution in [2.75, 3.05) is 7.11 Å². The van der Waals surface area contributed by atoms with Crippen LogP contribution in [-0.2, 0) is 13.1 Å². The highest BCUT2D eigenvalue weighted by Crippen LogP contribution is 2.27. The largest absolute Gasteiger partial charge is 0.496 e. The van der Waals surface area contributed by atoms with E-state index in [4.69, 9.17) is 4.74 Å². The van der Waals surface area contributed by atoms with E-state index in [0.717, 1.165) is 23.4 Å². The molecule has 0 atom stereocenters. The first-order valence-electron chi connectivity index (χ1n) is 11.2. The molecule has 5 aromatic rings. The minimum Gasteiger partial charge on any atom is -0.496 e. The third-order valence-corrected chi connectivity index (χ3v) is 6.24. The summed E-state index contributed by atoms with van der Waals surface area (Å²) in [5.74, 6) is 0.864. The molecule has 164 valence electrons. The number of fused-ring (bicyclic) bond motifs is 2. The van der Waals surface area contributed by atoms with Crippen molar-refractivity contribution < 1.29 is 4.74 Å². The monoisotopic (exact) mass is 433 g/mol. The van der Waals surface area contributed by atoms with Crippen LogP contribution in [-0.4, -0.2) is 17.9 Å². The average Bonchev–Trinajstić information content (AvgIpc) is 3.13. The van der Waals surface area contributed by atoms with Crippen molar-refractivity contribution in [1.29, 1.82) is 0 Å². The van der Waals surface area contributed by atoms with Gasteiger partial charge in [-0.3, -0.25) is 0 Å². The molecule has 0 aliphatic carbocycles. The molecule has 4 heteroatoms. The lowest BCUT2D eigenvalue weighted by Crippen LogP contribution is -2.07. The fraction of sp³-hybridized carbons (Fsp3) is 0.138. The highest BCUT2D eigenvalue weighted by Gasteiger charge is 2.13. The molecule has 0 amide bonds. The van der Waals surface area contributed by atoms with Gasteiger partial charge in [0, 0.05) is 34.3 Å². The van der Waals surface area contributed by atoms with Crippen LogP contribution in [0.25, 0.3) is 21.7 Å². The number of ether oxygens (including phenoxy) is 1. The second kappa shape index (κ2) is 9.21. The summed E-state index contributed by atoms with van der Waals surface area (Å²) in [6.07, 6.45) is 1.94. The van der Waals surface area contributed by atoms with Crippen LogP contribution < -0.4 is 10.2 Å². The van der Waals surface area contributed by atoms with Crippen molar-refractivity contribution in [3.8, 4) is 5.75 Å². The second-order valence-corrected chi connectivity index (χ2v) is 8.15. The van der Waals surface area contributed by atoms with E-state index < -0.39 is 0 Å². The number of nitrogens with one attached hydrogen (secondary N) is 1. The maximum absolute atomic E-state index is 5.43. The number of para-hydroxylation sites is 2. The third-order valence-electron chi connectivity index (χ3n) is 6.24. The molecule has 0 aliphatic rings. The van der Waals surface area contributed by atoms with Gasteiger partial charge in [-0.05, 0) is 35.4 Å². The second-order valence-electron chi connectivity index (χ2n) is 8.15. The zero-order valence-electron chi connectivity index (χ0n) is 19.0.